The van der Waals surface area contributed by atoms with Crippen molar-refractivity contribution in [2.75, 3.05) is 6.61 Å². The van der Waals surface area contributed by atoms with E-state index in [1.54, 1.807) is 6.92 Å². The molecule has 0 fully saturated rings. The molecule has 0 amide bonds. The standard InChI is InChI=1S/C13H13F3N2O3/c1-3-21-6(2)7-4-8-10(5-9(7)13(14,15)16)17-12(20)18-11(8)19/h4-6H,3H2,1-2H3,(H2,17,18,19,20). The molecule has 1 aromatic heterocycles. The molecular formula is C13H13F3N2O3. The Morgan fingerprint density at radius 3 is 2.48 bits per heavy atom. The number of rotatable bonds is 3. The second-order valence-electron chi connectivity index (χ2n) is 4.49. The van der Waals surface area contributed by atoms with Crippen molar-refractivity contribution in [3.05, 3.63) is 44.1 Å². The number of ether oxygens (including phenoxy) is 1. The molecule has 21 heavy (non-hydrogen) atoms. The summed E-state index contributed by atoms with van der Waals surface area (Å²) < 4.78 is 44.6. The molecule has 5 nitrogen and oxygen atoms in total. The van der Waals surface area contributed by atoms with Crippen molar-refractivity contribution in [1.29, 1.82) is 0 Å². The third-order valence-corrected chi connectivity index (χ3v) is 3.07. The fourth-order valence-corrected chi connectivity index (χ4v) is 2.15. The van der Waals surface area contributed by atoms with E-state index in [-0.39, 0.29) is 23.1 Å². The summed E-state index contributed by atoms with van der Waals surface area (Å²) in [5.74, 6) is 0. The lowest BCUT2D eigenvalue weighted by atomic mass is 10.00. The summed E-state index contributed by atoms with van der Waals surface area (Å²) >= 11 is 0. The highest BCUT2D eigenvalue weighted by atomic mass is 19.4. The summed E-state index contributed by atoms with van der Waals surface area (Å²) in [5, 5.41) is -0.0239. The van der Waals surface area contributed by atoms with Gasteiger partial charge in [-0.25, -0.2) is 4.79 Å². The number of fused-ring (bicyclic) bond motifs is 1. The van der Waals surface area contributed by atoms with Crippen LogP contribution < -0.4 is 11.2 Å². The van der Waals surface area contributed by atoms with Crippen LogP contribution in [0.25, 0.3) is 10.9 Å². The lowest BCUT2D eigenvalue weighted by molar-refractivity contribution is -0.139. The van der Waals surface area contributed by atoms with Crippen LogP contribution in [0.15, 0.2) is 21.7 Å². The number of benzene rings is 1. The summed E-state index contributed by atoms with van der Waals surface area (Å²) in [7, 11) is 0. The molecule has 0 spiro atoms. The molecule has 1 unspecified atom stereocenters. The molecule has 0 radical (unpaired) electrons. The van der Waals surface area contributed by atoms with Gasteiger partial charge in [-0.1, -0.05) is 0 Å². The molecule has 1 atom stereocenters. The average molecular weight is 302 g/mol. The molecule has 0 bridgehead atoms. The van der Waals surface area contributed by atoms with Crippen molar-refractivity contribution >= 4 is 10.9 Å². The summed E-state index contributed by atoms with van der Waals surface area (Å²) in [6.07, 6.45) is -5.45. The van der Waals surface area contributed by atoms with E-state index < -0.39 is 29.1 Å². The Morgan fingerprint density at radius 2 is 1.90 bits per heavy atom. The molecule has 8 heteroatoms. The molecule has 0 aliphatic carbocycles. The lowest BCUT2D eigenvalue weighted by Crippen LogP contribution is -2.23. The van der Waals surface area contributed by atoms with Crippen LogP contribution in [0.5, 0.6) is 0 Å². The van der Waals surface area contributed by atoms with Crippen LogP contribution in [0.1, 0.15) is 31.1 Å². The summed E-state index contributed by atoms with van der Waals surface area (Å²) in [6, 6.07) is 1.87. The van der Waals surface area contributed by atoms with Gasteiger partial charge in [-0.2, -0.15) is 13.2 Å². The van der Waals surface area contributed by atoms with Crippen LogP contribution in [-0.2, 0) is 10.9 Å². The van der Waals surface area contributed by atoms with Crippen molar-refractivity contribution in [2.45, 2.75) is 26.1 Å². The Morgan fingerprint density at radius 1 is 1.24 bits per heavy atom. The van der Waals surface area contributed by atoms with E-state index in [2.05, 4.69) is 4.98 Å². The van der Waals surface area contributed by atoms with E-state index in [0.29, 0.717) is 0 Å². The van der Waals surface area contributed by atoms with Gasteiger partial charge in [0.2, 0.25) is 0 Å². The van der Waals surface area contributed by atoms with Crippen molar-refractivity contribution in [2.24, 2.45) is 0 Å². The molecule has 0 saturated heterocycles. The van der Waals surface area contributed by atoms with Crippen molar-refractivity contribution in [3.8, 4) is 0 Å². The highest BCUT2D eigenvalue weighted by Gasteiger charge is 2.35. The van der Waals surface area contributed by atoms with Crippen LogP contribution in [0, 0.1) is 0 Å². The Labute approximate surface area is 116 Å². The maximum atomic E-state index is 13.1. The van der Waals surface area contributed by atoms with Gasteiger partial charge >= 0.3 is 11.9 Å². The molecular weight excluding hydrogens is 289 g/mol. The first-order chi connectivity index (χ1) is 9.74. The van der Waals surface area contributed by atoms with E-state index in [4.69, 9.17) is 4.74 Å². The second-order valence-corrected chi connectivity index (χ2v) is 4.49. The first-order valence-electron chi connectivity index (χ1n) is 6.23. The number of aromatic amines is 2. The first-order valence-corrected chi connectivity index (χ1v) is 6.23. The highest BCUT2D eigenvalue weighted by Crippen LogP contribution is 2.37. The van der Waals surface area contributed by atoms with Gasteiger partial charge in [0.05, 0.1) is 22.6 Å². The fourth-order valence-electron chi connectivity index (χ4n) is 2.15. The molecule has 2 rings (SSSR count). The Balaban J connectivity index is 2.81. The number of halogens is 3. The van der Waals surface area contributed by atoms with Crippen LogP contribution in [0.4, 0.5) is 13.2 Å². The molecule has 0 saturated carbocycles. The third-order valence-electron chi connectivity index (χ3n) is 3.07. The van der Waals surface area contributed by atoms with Gasteiger partial charge in [-0.3, -0.25) is 9.78 Å². The number of hydrogen-bond donors (Lipinski definition) is 2. The van der Waals surface area contributed by atoms with E-state index in [9.17, 15) is 22.8 Å². The Kier molecular flexibility index (Phi) is 3.91. The Bertz CT molecular complexity index is 777. The Hall–Kier alpha value is -2.09. The van der Waals surface area contributed by atoms with Crippen LogP contribution in [0.3, 0.4) is 0 Å². The van der Waals surface area contributed by atoms with E-state index in [1.807, 2.05) is 4.98 Å². The largest absolute Gasteiger partial charge is 0.416 e. The van der Waals surface area contributed by atoms with Gasteiger partial charge < -0.3 is 9.72 Å². The number of aromatic nitrogens is 2. The van der Waals surface area contributed by atoms with Gasteiger partial charge in [-0.05, 0) is 31.5 Å². The lowest BCUT2D eigenvalue weighted by Gasteiger charge is -2.19. The maximum Gasteiger partial charge on any atom is 0.416 e. The SMILES string of the molecule is CCOC(C)c1cc2c(=O)[nH]c(=O)[nH]c2cc1C(F)(F)F. The topological polar surface area (TPSA) is 75.0 Å². The van der Waals surface area contributed by atoms with Crippen molar-refractivity contribution < 1.29 is 17.9 Å². The van der Waals surface area contributed by atoms with Crippen molar-refractivity contribution in [3.63, 3.8) is 0 Å². The van der Waals surface area contributed by atoms with Gasteiger partial charge in [0.15, 0.2) is 0 Å². The number of H-pyrrole nitrogens is 2. The normalized spacial score (nSPS) is 13.6. The zero-order chi connectivity index (χ0) is 15.8. The zero-order valence-corrected chi connectivity index (χ0v) is 11.3. The quantitative estimate of drug-likeness (QED) is 0.913. The summed E-state index contributed by atoms with van der Waals surface area (Å²) in [6.45, 7) is 3.37. The van der Waals surface area contributed by atoms with E-state index in [0.717, 1.165) is 12.1 Å². The smallest absolute Gasteiger partial charge is 0.374 e. The molecule has 2 N–H and O–H groups in total. The van der Waals surface area contributed by atoms with Crippen LogP contribution in [-0.4, -0.2) is 16.6 Å². The monoisotopic (exact) mass is 302 g/mol. The van der Waals surface area contributed by atoms with Gasteiger partial charge in [-0.15, -0.1) is 0 Å². The summed E-state index contributed by atoms with van der Waals surface area (Å²) in [5.41, 5.74) is -2.84. The van der Waals surface area contributed by atoms with Gasteiger partial charge in [0.1, 0.15) is 0 Å². The third kappa shape index (κ3) is 2.99. The number of hydrogen-bond acceptors (Lipinski definition) is 3. The molecule has 1 heterocycles. The predicted octanol–water partition coefficient (Wildman–Crippen LogP) is 2.33. The molecule has 0 aliphatic rings. The van der Waals surface area contributed by atoms with Gasteiger partial charge in [0.25, 0.3) is 5.56 Å². The van der Waals surface area contributed by atoms with Gasteiger partial charge in [0, 0.05) is 6.61 Å². The molecule has 114 valence electrons. The first kappa shape index (κ1) is 15.3. The molecule has 2 aromatic rings. The highest BCUT2D eigenvalue weighted by molar-refractivity contribution is 5.79. The minimum Gasteiger partial charge on any atom is -0.374 e. The zero-order valence-electron chi connectivity index (χ0n) is 11.3. The average Bonchev–Trinajstić information content (AvgIpc) is 2.36. The minimum atomic E-state index is -4.62. The maximum absolute atomic E-state index is 13.1. The second kappa shape index (κ2) is 5.36. The molecule has 0 aliphatic heterocycles. The van der Waals surface area contributed by atoms with Crippen molar-refractivity contribution in [1.82, 2.24) is 9.97 Å². The number of nitrogens with one attached hydrogen (secondary N) is 2. The minimum absolute atomic E-state index is 0.0239. The van der Waals surface area contributed by atoms with Crippen LogP contribution in [0.2, 0.25) is 0 Å². The van der Waals surface area contributed by atoms with E-state index in [1.165, 1.54) is 6.92 Å². The molecule has 1 aromatic carbocycles. The number of alkyl halides is 3. The van der Waals surface area contributed by atoms with Crippen LogP contribution >= 0.6 is 0 Å². The predicted molar refractivity (Wildman–Crippen MR) is 70.2 cm³/mol. The fraction of sp³-hybridized carbons (Fsp3) is 0.385. The van der Waals surface area contributed by atoms with E-state index >= 15 is 0 Å². The summed E-state index contributed by atoms with van der Waals surface area (Å²) in [4.78, 5) is 27.0.